The first-order valence-electron chi connectivity index (χ1n) is 22.8. The number of hydrogen-bond donors (Lipinski definition) is 3. The molecule has 8 aliphatic rings. The molecule has 3 unspecified atom stereocenters. The molecule has 4 heterocycles. The number of fused-ring (bicyclic) bond motifs is 5. The number of benzene rings is 2. The lowest BCUT2D eigenvalue weighted by molar-refractivity contribution is -0.235. The second-order valence-electron chi connectivity index (χ2n) is 19.9. The third-order valence-corrected chi connectivity index (χ3v) is 14.2. The summed E-state index contributed by atoms with van der Waals surface area (Å²) < 4.78 is 31.4. The molecule has 4 aliphatic heterocycles. The zero-order valence-corrected chi connectivity index (χ0v) is 35.8. The van der Waals surface area contributed by atoms with E-state index in [9.17, 15) is 19.5 Å². The number of carbonyl (C=O) groups excluding carboxylic acids is 4. The van der Waals surface area contributed by atoms with Gasteiger partial charge in [-0.15, -0.1) is 0 Å². The Kier molecular flexibility index (Phi) is 10.9. The predicted octanol–water partition coefficient (Wildman–Crippen LogP) is 4.90. The van der Waals surface area contributed by atoms with Crippen molar-refractivity contribution in [2.75, 3.05) is 6.61 Å². The smallest absolute Gasteiger partial charge is 0.327 e. The summed E-state index contributed by atoms with van der Waals surface area (Å²) >= 11 is 0. The van der Waals surface area contributed by atoms with Gasteiger partial charge in [0.25, 0.3) is 5.91 Å². The predicted molar refractivity (Wildman–Crippen MR) is 222 cm³/mol. The number of rotatable bonds is 15. The van der Waals surface area contributed by atoms with Crippen LogP contribution in [0.1, 0.15) is 112 Å². The number of epoxide rings is 1. The molecule has 8 fully saturated rings. The van der Waals surface area contributed by atoms with Crippen LogP contribution in [0.5, 0.6) is 0 Å². The van der Waals surface area contributed by atoms with Gasteiger partial charge in [0, 0.05) is 36.8 Å². The van der Waals surface area contributed by atoms with Crippen LogP contribution in [-0.4, -0.2) is 101 Å². The highest BCUT2D eigenvalue weighted by Gasteiger charge is 2.78. The van der Waals surface area contributed by atoms with E-state index >= 15 is 4.79 Å². The Morgan fingerprint density at radius 3 is 2.48 bits per heavy atom. The van der Waals surface area contributed by atoms with Crippen molar-refractivity contribution in [3.63, 3.8) is 0 Å². The molecule has 4 saturated heterocycles. The Morgan fingerprint density at radius 1 is 0.968 bits per heavy atom. The van der Waals surface area contributed by atoms with Gasteiger partial charge in [-0.2, -0.15) is 5.06 Å². The maximum absolute atomic E-state index is 15.1. The van der Waals surface area contributed by atoms with Gasteiger partial charge in [-0.3, -0.25) is 24.0 Å². The average Bonchev–Trinajstić information content (AvgIpc) is 4.16. The minimum absolute atomic E-state index is 0.0376. The largest absolute Gasteiger partial charge is 0.460 e. The van der Waals surface area contributed by atoms with Crippen LogP contribution in [0.15, 0.2) is 54.6 Å². The lowest BCUT2D eigenvalue weighted by atomic mass is 9.62. The number of aliphatic hydroxyl groups excluding tert-OH is 1. The molecule has 62 heavy (non-hydrogen) atoms. The molecule has 2 bridgehead atoms. The van der Waals surface area contributed by atoms with Crippen LogP contribution in [0, 0.1) is 23.2 Å². The molecule has 3 N–H and O–H groups in total. The second kappa shape index (κ2) is 16.1. The van der Waals surface area contributed by atoms with Gasteiger partial charge >= 0.3 is 11.9 Å². The summed E-state index contributed by atoms with van der Waals surface area (Å²) in [5.74, 6) is -1.51. The Labute approximate surface area is 362 Å². The van der Waals surface area contributed by atoms with Gasteiger partial charge in [-0.05, 0) is 107 Å². The van der Waals surface area contributed by atoms with E-state index in [0.717, 1.165) is 56.1 Å². The Balaban J connectivity index is 0.883. The minimum Gasteiger partial charge on any atom is -0.460 e. The van der Waals surface area contributed by atoms with Crippen LogP contribution in [0.2, 0.25) is 0 Å². The molecule has 10 rings (SSSR count). The van der Waals surface area contributed by atoms with Crippen molar-refractivity contribution in [3.8, 4) is 0 Å². The Morgan fingerprint density at radius 2 is 1.74 bits per heavy atom. The number of esters is 2. The fourth-order valence-corrected chi connectivity index (χ4v) is 10.9. The number of hydroxylamine groups is 2. The van der Waals surface area contributed by atoms with Crippen LogP contribution in [-0.2, 0) is 56.0 Å². The summed E-state index contributed by atoms with van der Waals surface area (Å²) in [6.07, 6.45) is 10.3. The van der Waals surface area contributed by atoms with E-state index in [-0.39, 0.29) is 56.7 Å². The standard InChI is InChI=1S/C48H59N3O11/c1-46(2,3)59-38(53)20-18-34(26-52)50-43(54)30-10-6-7-28(21-30)24-49-45(56)47-23-37-39-40(61-48(60-39,32-14-15-32)33-16-17-33)42(47)62-51(41(47)44(55)58-37)25-31-9-5-4-8-29(31)13-11-27-12-19-35-36(22-27)57-35/h4-11,13,21,27,32-37,39-42,52H,12,14-20,22-26H2,1-3H3,(H,49,56)(H,50,54)/t27?,34-,35?,36?,37+,39-,40-,41-,42+,47-/m0/s1. The maximum Gasteiger partial charge on any atom is 0.327 e. The number of aliphatic hydroxyl groups is 1. The van der Waals surface area contributed by atoms with E-state index in [1.165, 1.54) is 0 Å². The van der Waals surface area contributed by atoms with E-state index in [1.54, 1.807) is 44.0 Å². The molecule has 4 saturated carbocycles. The molecular weight excluding hydrogens is 795 g/mol. The molecule has 2 amide bonds. The van der Waals surface area contributed by atoms with Crippen molar-refractivity contribution in [2.45, 2.75) is 158 Å². The molecule has 14 heteroatoms. The van der Waals surface area contributed by atoms with E-state index < -0.39 is 71.1 Å². The van der Waals surface area contributed by atoms with Gasteiger partial charge in [-0.1, -0.05) is 48.6 Å². The van der Waals surface area contributed by atoms with E-state index in [1.807, 2.05) is 24.3 Å². The highest BCUT2D eigenvalue weighted by atomic mass is 16.8. The molecule has 4 aliphatic carbocycles. The zero-order valence-electron chi connectivity index (χ0n) is 35.8. The molecule has 2 aromatic carbocycles. The van der Waals surface area contributed by atoms with Gasteiger partial charge < -0.3 is 39.4 Å². The van der Waals surface area contributed by atoms with E-state index in [4.69, 9.17) is 28.5 Å². The monoisotopic (exact) mass is 853 g/mol. The number of nitrogens with zero attached hydrogens (tertiary/aromatic N) is 1. The van der Waals surface area contributed by atoms with Crippen LogP contribution >= 0.6 is 0 Å². The first-order valence-corrected chi connectivity index (χ1v) is 22.8. The summed E-state index contributed by atoms with van der Waals surface area (Å²) in [6.45, 7) is 5.31. The number of hydrogen-bond acceptors (Lipinski definition) is 12. The molecule has 0 radical (unpaired) electrons. The third kappa shape index (κ3) is 8.00. The van der Waals surface area contributed by atoms with Crippen molar-refractivity contribution in [1.82, 2.24) is 15.7 Å². The molecule has 14 nitrogen and oxygen atoms in total. The highest BCUT2D eigenvalue weighted by Crippen LogP contribution is 2.64. The first-order chi connectivity index (χ1) is 29.8. The SMILES string of the molecule is CC(C)(C)OC(=O)CC[C@@H](CO)NC(=O)c1cccc(CNC(=O)[C@@]23C[C@H]4OC(=O)[C@@H]2N(Cc2ccccc2C=CC2CCC5OC5C2)O[C@@H]3[C@H]2OC(C3CC3)(C3CC3)O[C@H]24)c1. The van der Waals surface area contributed by atoms with Crippen molar-refractivity contribution in [2.24, 2.45) is 23.2 Å². The third-order valence-electron chi connectivity index (χ3n) is 14.2. The van der Waals surface area contributed by atoms with Crippen molar-refractivity contribution in [1.29, 1.82) is 0 Å². The summed E-state index contributed by atoms with van der Waals surface area (Å²) in [7, 11) is 0. The van der Waals surface area contributed by atoms with E-state index in [2.05, 4.69) is 28.9 Å². The Hall–Kier alpha value is -4.18. The molecule has 0 aromatic heterocycles. The molecule has 332 valence electrons. The second-order valence-corrected chi connectivity index (χ2v) is 19.9. The molecule has 2 aromatic rings. The zero-order chi connectivity index (χ0) is 43.0. The fraction of sp³-hybridized carbons (Fsp3) is 0.625. The van der Waals surface area contributed by atoms with Gasteiger partial charge in [0.05, 0.1) is 31.4 Å². The summed E-state index contributed by atoms with van der Waals surface area (Å²) in [6, 6.07) is 13.3. The summed E-state index contributed by atoms with van der Waals surface area (Å²) in [4.78, 5) is 62.0. The molecule has 10 atom stereocenters. The quantitative estimate of drug-likeness (QED) is 0.164. The highest BCUT2D eigenvalue weighted by molar-refractivity contribution is 5.95. The minimum atomic E-state index is -1.35. The van der Waals surface area contributed by atoms with Crippen molar-refractivity contribution >= 4 is 29.8 Å². The van der Waals surface area contributed by atoms with Crippen LogP contribution in [0.4, 0.5) is 0 Å². The number of carbonyl (C=O) groups is 4. The van der Waals surface area contributed by atoms with Crippen LogP contribution < -0.4 is 10.6 Å². The summed E-state index contributed by atoms with van der Waals surface area (Å²) in [5.41, 5.74) is 0.980. The van der Waals surface area contributed by atoms with Crippen LogP contribution in [0.3, 0.4) is 0 Å². The number of amides is 2. The average molecular weight is 854 g/mol. The topological polar surface area (TPSA) is 174 Å². The van der Waals surface area contributed by atoms with Crippen molar-refractivity contribution in [3.05, 3.63) is 76.9 Å². The Bertz CT molecular complexity index is 2100. The fourth-order valence-electron chi connectivity index (χ4n) is 10.9. The molecule has 0 spiro atoms. The van der Waals surface area contributed by atoms with Gasteiger partial charge in [-0.25, -0.2) is 0 Å². The number of allylic oxidation sites excluding steroid dienone is 1. The van der Waals surface area contributed by atoms with Gasteiger partial charge in [0.1, 0.15) is 35.4 Å². The maximum atomic E-state index is 15.1. The lowest BCUT2D eigenvalue weighted by Crippen LogP contribution is -2.69. The number of nitrogens with one attached hydrogen (secondary N) is 2. The van der Waals surface area contributed by atoms with Crippen molar-refractivity contribution < 1.29 is 52.8 Å². The molecular formula is C48H59N3O11. The first kappa shape index (κ1) is 41.8. The lowest BCUT2D eigenvalue weighted by Gasteiger charge is -2.48. The van der Waals surface area contributed by atoms with E-state index in [0.29, 0.717) is 29.3 Å². The summed E-state index contributed by atoms with van der Waals surface area (Å²) in [5, 5.41) is 17.6. The van der Waals surface area contributed by atoms with Gasteiger partial charge in [0.15, 0.2) is 11.8 Å². The van der Waals surface area contributed by atoms with Crippen LogP contribution in [0.25, 0.3) is 6.08 Å². The van der Waals surface area contributed by atoms with Gasteiger partial charge in [0.2, 0.25) is 5.91 Å². The normalized spacial score (nSPS) is 33.6. The number of ether oxygens (including phenoxy) is 5.